The first-order chi connectivity index (χ1) is 16.3. The van der Waals surface area contributed by atoms with E-state index in [4.69, 9.17) is 0 Å². The van der Waals surface area contributed by atoms with Gasteiger partial charge in [-0.3, -0.25) is 4.90 Å². The molecule has 11 heteroatoms. The van der Waals surface area contributed by atoms with Gasteiger partial charge in [-0.1, -0.05) is 13.0 Å². The molecule has 0 radical (unpaired) electrons. The highest BCUT2D eigenvalue weighted by atomic mass is 19.4. The molecule has 0 unspecified atom stereocenters. The lowest BCUT2D eigenvalue weighted by molar-refractivity contribution is -0.274. The number of hydrogen-bond acceptors (Lipinski definition) is 7. The van der Waals surface area contributed by atoms with Gasteiger partial charge in [0.1, 0.15) is 11.6 Å². The molecule has 7 nitrogen and oxygen atoms in total. The molecule has 1 N–H and O–H groups in total. The molecule has 0 atom stereocenters. The third kappa shape index (κ3) is 6.39. The number of benzene rings is 1. The number of nitrogens with zero attached hydrogens (tertiary/aromatic N) is 5. The van der Waals surface area contributed by atoms with E-state index in [1.54, 1.807) is 12.3 Å². The monoisotopic (exact) mass is 476 g/mol. The van der Waals surface area contributed by atoms with E-state index in [2.05, 4.69) is 41.7 Å². The van der Waals surface area contributed by atoms with Crippen molar-refractivity contribution in [3.63, 3.8) is 0 Å². The zero-order chi connectivity index (χ0) is 24.1. The van der Waals surface area contributed by atoms with Gasteiger partial charge in [0.2, 0.25) is 0 Å². The molecule has 1 saturated heterocycles. The van der Waals surface area contributed by atoms with E-state index in [-0.39, 0.29) is 17.4 Å². The first kappa shape index (κ1) is 23.8. The summed E-state index contributed by atoms with van der Waals surface area (Å²) < 4.78 is 55.2. The van der Waals surface area contributed by atoms with Gasteiger partial charge in [0.05, 0.1) is 6.20 Å². The Balaban J connectivity index is 1.40. The first-order valence-corrected chi connectivity index (χ1v) is 10.8. The van der Waals surface area contributed by atoms with E-state index >= 15 is 0 Å². The summed E-state index contributed by atoms with van der Waals surface area (Å²) in [7, 11) is 0. The highest BCUT2D eigenvalue weighted by molar-refractivity contribution is 5.60. The quantitative estimate of drug-likeness (QED) is 0.505. The summed E-state index contributed by atoms with van der Waals surface area (Å²) in [5.74, 6) is -0.576. The Labute approximate surface area is 194 Å². The molecule has 0 spiro atoms. The summed E-state index contributed by atoms with van der Waals surface area (Å²) >= 11 is 0. The number of pyridine rings is 1. The Morgan fingerprint density at radius 1 is 0.941 bits per heavy atom. The number of aromatic nitrogens is 3. The molecule has 0 amide bonds. The Kier molecular flexibility index (Phi) is 7.23. The number of piperazine rings is 1. The van der Waals surface area contributed by atoms with Crippen LogP contribution >= 0.6 is 0 Å². The molecule has 4 rings (SSSR count). The minimum Gasteiger partial charge on any atom is -0.406 e. The average Bonchev–Trinajstić information content (AvgIpc) is 2.82. The topological polar surface area (TPSA) is 66.4 Å². The molecular formula is C23H24F4N6O. The van der Waals surface area contributed by atoms with Crippen molar-refractivity contribution >= 4 is 11.6 Å². The second-order valence-electron chi connectivity index (χ2n) is 7.85. The van der Waals surface area contributed by atoms with E-state index < -0.39 is 12.2 Å². The van der Waals surface area contributed by atoms with E-state index in [1.165, 1.54) is 12.1 Å². The molecule has 0 saturated carbocycles. The van der Waals surface area contributed by atoms with Crippen molar-refractivity contribution in [2.24, 2.45) is 0 Å². The maximum atomic E-state index is 14.3. The van der Waals surface area contributed by atoms with Crippen LogP contribution in [0.4, 0.5) is 29.2 Å². The number of nitrogens with one attached hydrogen (secondary N) is 1. The smallest absolute Gasteiger partial charge is 0.406 e. The third-order valence-corrected chi connectivity index (χ3v) is 5.48. The first-order valence-electron chi connectivity index (χ1n) is 10.8. The molecule has 1 aliphatic heterocycles. The second kappa shape index (κ2) is 10.3. The van der Waals surface area contributed by atoms with Gasteiger partial charge < -0.3 is 15.0 Å². The minimum absolute atomic E-state index is 0.0865. The van der Waals surface area contributed by atoms with E-state index in [1.807, 2.05) is 6.07 Å². The van der Waals surface area contributed by atoms with Crippen molar-refractivity contribution in [3.8, 4) is 17.1 Å². The molecule has 2 aromatic heterocycles. The number of ether oxygens (including phenoxy) is 1. The van der Waals surface area contributed by atoms with Crippen LogP contribution in [0.25, 0.3) is 11.4 Å². The van der Waals surface area contributed by atoms with Crippen LogP contribution < -0.4 is 10.1 Å². The summed E-state index contributed by atoms with van der Waals surface area (Å²) in [6.07, 6.45) is -2.04. The summed E-state index contributed by atoms with van der Waals surface area (Å²) in [5.41, 5.74) is 1.46. The normalized spacial score (nSPS) is 15.3. The number of rotatable bonds is 7. The van der Waals surface area contributed by atoms with Crippen molar-refractivity contribution in [1.29, 1.82) is 0 Å². The van der Waals surface area contributed by atoms with Crippen LogP contribution in [0, 0.1) is 5.82 Å². The number of hydrogen-bond donors (Lipinski definition) is 1. The average molecular weight is 476 g/mol. The molecule has 0 aliphatic carbocycles. The SMILES string of the molecule is CCN1CCN(Cc2ccc(Nc3nc(-c4ccc(OC(F)(F)F)cc4)ncc3F)nc2)CC1. The standard InChI is InChI=1S/C23H24F4N6O/c1-2-32-9-11-33(12-10-32)15-16-3-8-20(28-13-16)30-22-19(24)14-29-21(31-22)17-4-6-18(7-5-17)34-23(25,26)27/h3-8,13-14H,2,9-12,15H2,1H3,(H,28,29,30,31). The highest BCUT2D eigenvalue weighted by Gasteiger charge is 2.31. The van der Waals surface area contributed by atoms with Gasteiger partial charge in [-0.2, -0.15) is 0 Å². The van der Waals surface area contributed by atoms with E-state index in [9.17, 15) is 17.6 Å². The Hall–Kier alpha value is -3.31. The van der Waals surface area contributed by atoms with E-state index in [0.717, 1.165) is 63.2 Å². The van der Waals surface area contributed by atoms with Crippen LogP contribution in [0.2, 0.25) is 0 Å². The van der Waals surface area contributed by atoms with Gasteiger partial charge in [-0.15, -0.1) is 13.2 Å². The number of likely N-dealkylation sites (N-methyl/N-ethyl adjacent to an activating group) is 1. The fourth-order valence-electron chi connectivity index (χ4n) is 3.63. The lowest BCUT2D eigenvalue weighted by Crippen LogP contribution is -2.45. The van der Waals surface area contributed by atoms with Crippen LogP contribution in [0.3, 0.4) is 0 Å². The largest absolute Gasteiger partial charge is 0.573 e. The van der Waals surface area contributed by atoms with Crippen molar-refractivity contribution < 1.29 is 22.3 Å². The minimum atomic E-state index is -4.78. The fourth-order valence-corrected chi connectivity index (χ4v) is 3.63. The van der Waals surface area contributed by atoms with Gasteiger partial charge in [0.15, 0.2) is 17.5 Å². The van der Waals surface area contributed by atoms with Crippen molar-refractivity contribution in [1.82, 2.24) is 24.8 Å². The van der Waals surface area contributed by atoms with Crippen LogP contribution in [0.1, 0.15) is 12.5 Å². The highest BCUT2D eigenvalue weighted by Crippen LogP contribution is 2.26. The summed E-state index contributed by atoms with van der Waals surface area (Å²) in [6, 6.07) is 8.70. The molecule has 3 heterocycles. The van der Waals surface area contributed by atoms with Crippen molar-refractivity contribution in [2.75, 3.05) is 38.0 Å². The van der Waals surface area contributed by atoms with Crippen LogP contribution in [0.15, 0.2) is 48.8 Å². The van der Waals surface area contributed by atoms with Crippen LogP contribution in [-0.2, 0) is 6.54 Å². The Morgan fingerprint density at radius 3 is 2.26 bits per heavy atom. The summed E-state index contributed by atoms with van der Waals surface area (Å²) in [5, 5.41) is 2.84. The molecule has 3 aromatic rings. The number of alkyl halides is 3. The molecule has 1 fully saturated rings. The lowest BCUT2D eigenvalue weighted by atomic mass is 10.2. The third-order valence-electron chi connectivity index (χ3n) is 5.48. The molecular weight excluding hydrogens is 452 g/mol. The van der Waals surface area contributed by atoms with Gasteiger partial charge in [0.25, 0.3) is 0 Å². The maximum Gasteiger partial charge on any atom is 0.573 e. The second-order valence-corrected chi connectivity index (χ2v) is 7.85. The predicted molar refractivity (Wildman–Crippen MR) is 119 cm³/mol. The van der Waals surface area contributed by atoms with Gasteiger partial charge in [-0.05, 0) is 42.4 Å². The van der Waals surface area contributed by atoms with Crippen LogP contribution in [-0.4, -0.2) is 63.8 Å². The predicted octanol–water partition coefficient (Wildman–Crippen LogP) is 4.46. The van der Waals surface area contributed by atoms with Crippen LogP contribution in [0.5, 0.6) is 5.75 Å². The Morgan fingerprint density at radius 2 is 1.65 bits per heavy atom. The molecule has 180 valence electrons. The number of halogens is 4. The van der Waals surface area contributed by atoms with Gasteiger partial charge >= 0.3 is 6.36 Å². The summed E-state index contributed by atoms with van der Waals surface area (Å²) in [6.45, 7) is 8.14. The van der Waals surface area contributed by atoms with Crippen molar-refractivity contribution in [2.45, 2.75) is 19.8 Å². The molecule has 1 aromatic carbocycles. The number of anilines is 2. The van der Waals surface area contributed by atoms with E-state index in [0.29, 0.717) is 11.4 Å². The zero-order valence-corrected chi connectivity index (χ0v) is 18.5. The Bertz CT molecular complexity index is 1080. The van der Waals surface area contributed by atoms with Gasteiger partial charge in [-0.25, -0.2) is 19.3 Å². The zero-order valence-electron chi connectivity index (χ0n) is 18.5. The molecule has 34 heavy (non-hydrogen) atoms. The van der Waals surface area contributed by atoms with Crippen molar-refractivity contribution in [3.05, 3.63) is 60.2 Å². The molecule has 0 bridgehead atoms. The lowest BCUT2D eigenvalue weighted by Gasteiger charge is -2.33. The molecule has 1 aliphatic rings. The van der Waals surface area contributed by atoms with Gasteiger partial charge in [0, 0.05) is 44.5 Å². The fraction of sp³-hybridized carbons (Fsp3) is 0.348. The summed E-state index contributed by atoms with van der Waals surface area (Å²) in [4.78, 5) is 17.2. The maximum absolute atomic E-state index is 14.3.